The van der Waals surface area contributed by atoms with E-state index in [4.69, 9.17) is 0 Å². The Kier molecular flexibility index (Phi) is 4.05. The average Bonchev–Trinajstić information content (AvgIpc) is 3.08. The first-order valence-corrected chi connectivity index (χ1v) is 8.55. The quantitative estimate of drug-likeness (QED) is 0.890. The van der Waals surface area contributed by atoms with Crippen LogP contribution in [0.15, 0.2) is 41.8 Å². The molecule has 0 bridgehead atoms. The van der Waals surface area contributed by atoms with Crippen molar-refractivity contribution in [3.8, 4) is 0 Å². The molecule has 0 saturated carbocycles. The molecule has 3 rings (SSSR count). The molecule has 0 spiro atoms. The monoisotopic (exact) mass is 300 g/mol. The predicted molar refractivity (Wildman–Crippen MR) is 92.4 cm³/mol. The standard InChI is InChI=1S/C18H24N2S/c1-18(2)13-20(15-8-5-4-7-14(15)18)16(10-11-19-3)17-9-6-12-21-17/h4-9,12,16,19H,10-11,13H2,1-3H3. The lowest BCUT2D eigenvalue weighted by molar-refractivity contribution is 0.500. The SMILES string of the molecule is CNCCC(c1cccs1)N1CC(C)(C)c2ccccc21. The van der Waals surface area contributed by atoms with Gasteiger partial charge in [-0.1, -0.05) is 38.1 Å². The van der Waals surface area contributed by atoms with E-state index in [1.165, 1.54) is 16.1 Å². The summed E-state index contributed by atoms with van der Waals surface area (Å²) in [5.74, 6) is 0. The molecule has 0 aliphatic carbocycles. The lowest BCUT2D eigenvalue weighted by Gasteiger charge is -2.31. The highest BCUT2D eigenvalue weighted by Gasteiger charge is 2.38. The van der Waals surface area contributed by atoms with E-state index < -0.39 is 0 Å². The Hall–Kier alpha value is -1.32. The Morgan fingerprint density at radius 1 is 1.24 bits per heavy atom. The van der Waals surface area contributed by atoms with Gasteiger partial charge in [-0.2, -0.15) is 0 Å². The van der Waals surface area contributed by atoms with Gasteiger partial charge in [0.25, 0.3) is 0 Å². The van der Waals surface area contributed by atoms with Crippen molar-refractivity contribution in [2.24, 2.45) is 0 Å². The van der Waals surface area contributed by atoms with E-state index in [1.807, 2.05) is 18.4 Å². The van der Waals surface area contributed by atoms with Crippen molar-refractivity contribution >= 4 is 17.0 Å². The maximum Gasteiger partial charge on any atom is 0.0647 e. The molecule has 1 aliphatic rings. The minimum absolute atomic E-state index is 0.228. The number of hydrogen-bond acceptors (Lipinski definition) is 3. The van der Waals surface area contributed by atoms with Gasteiger partial charge in [0, 0.05) is 22.5 Å². The maximum atomic E-state index is 3.31. The second-order valence-corrected chi connectivity index (χ2v) is 7.43. The number of benzene rings is 1. The maximum absolute atomic E-state index is 3.31. The van der Waals surface area contributed by atoms with Crippen LogP contribution in [0.3, 0.4) is 0 Å². The predicted octanol–water partition coefficient (Wildman–Crippen LogP) is 4.20. The molecule has 1 aromatic carbocycles. The summed E-state index contributed by atoms with van der Waals surface area (Å²) in [5.41, 5.74) is 3.12. The Balaban J connectivity index is 1.97. The van der Waals surface area contributed by atoms with Crippen molar-refractivity contribution in [3.05, 3.63) is 52.2 Å². The van der Waals surface area contributed by atoms with Crippen LogP contribution in [0, 0.1) is 0 Å². The number of fused-ring (bicyclic) bond motifs is 1. The van der Waals surface area contributed by atoms with E-state index in [0.29, 0.717) is 6.04 Å². The Morgan fingerprint density at radius 3 is 2.76 bits per heavy atom. The number of nitrogens with one attached hydrogen (secondary N) is 1. The normalized spacial score (nSPS) is 17.8. The zero-order valence-corrected chi connectivity index (χ0v) is 13.9. The molecular formula is C18H24N2S. The van der Waals surface area contributed by atoms with Crippen molar-refractivity contribution in [3.63, 3.8) is 0 Å². The molecule has 1 N–H and O–H groups in total. The van der Waals surface area contributed by atoms with Crippen LogP contribution in [0.1, 0.15) is 36.8 Å². The van der Waals surface area contributed by atoms with E-state index in [0.717, 1.165) is 19.5 Å². The average molecular weight is 300 g/mol. The fourth-order valence-corrected chi connectivity index (χ4v) is 4.26. The van der Waals surface area contributed by atoms with Gasteiger partial charge in [0.2, 0.25) is 0 Å². The van der Waals surface area contributed by atoms with E-state index in [-0.39, 0.29) is 5.41 Å². The van der Waals surface area contributed by atoms with Crippen molar-refractivity contribution in [2.75, 3.05) is 25.0 Å². The second-order valence-electron chi connectivity index (χ2n) is 6.45. The van der Waals surface area contributed by atoms with Crippen LogP contribution in [-0.4, -0.2) is 20.1 Å². The summed E-state index contributed by atoms with van der Waals surface area (Å²) in [7, 11) is 2.04. The van der Waals surface area contributed by atoms with Crippen molar-refractivity contribution in [2.45, 2.75) is 31.7 Å². The van der Waals surface area contributed by atoms with E-state index in [9.17, 15) is 0 Å². The Morgan fingerprint density at radius 2 is 2.05 bits per heavy atom. The van der Waals surface area contributed by atoms with Gasteiger partial charge in [-0.05, 0) is 43.1 Å². The first-order chi connectivity index (χ1) is 10.1. The molecule has 112 valence electrons. The van der Waals surface area contributed by atoms with Crippen LogP contribution >= 0.6 is 11.3 Å². The molecule has 0 saturated heterocycles. The third kappa shape index (κ3) is 2.72. The van der Waals surface area contributed by atoms with Crippen LogP contribution in [0.25, 0.3) is 0 Å². The zero-order chi connectivity index (χ0) is 14.9. The minimum Gasteiger partial charge on any atom is -0.363 e. The number of nitrogens with zero attached hydrogens (tertiary/aromatic N) is 1. The van der Waals surface area contributed by atoms with Crippen LogP contribution < -0.4 is 10.2 Å². The van der Waals surface area contributed by atoms with Crippen LogP contribution in [0.5, 0.6) is 0 Å². The molecule has 21 heavy (non-hydrogen) atoms. The summed E-state index contributed by atoms with van der Waals surface area (Å²) in [6.45, 7) is 6.85. The third-order valence-corrected chi connectivity index (χ3v) is 5.40. The van der Waals surface area contributed by atoms with Crippen molar-refractivity contribution in [1.82, 2.24) is 5.32 Å². The van der Waals surface area contributed by atoms with Crippen molar-refractivity contribution < 1.29 is 0 Å². The first kappa shape index (κ1) is 14.6. The summed E-state index contributed by atoms with van der Waals surface area (Å²) in [4.78, 5) is 4.08. The second kappa shape index (κ2) is 5.82. The molecule has 0 radical (unpaired) electrons. The number of hydrogen-bond donors (Lipinski definition) is 1. The number of rotatable bonds is 5. The summed E-state index contributed by atoms with van der Waals surface area (Å²) < 4.78 is 0. The number of anilines is 1. The highest BCUT2D eigenvalue weighted by atomic mass is 32.1. The molecule has 1 aliphatic heterocycles. The van der Waals surface area contributed by atoms with Crippen LogP contribution in [0.4, 0.5) is 5.69 Å². The molecule has 2 nitrogen and oxygen atoms in total. The molecule has 1 unspecified atom stereocenters. The highest BCUT2D eigenvalue weighted by Crippen LogP contribution is 2.45. The topological polar surface area (TPSA) is 15.3 Å². The smallest absolute Gasteiger partial charge is 0.0647 e. The van der Waals surface area contributed by atoms with Crippen LogP contribution in [-0.2, 0) is 5.41 Å². The van der Waals surface area contributed by atoms with Gasteiger partial charge < -0.3 is 10.2 Å². The summed E-state index contributed by atoms with van der Waals surface area (Å²) in [5, 5.41) is 5.50. The van der Waals surface area contributed by atoms with Gasteiger partial charge in [-0.25, -0.2) is 0 Å². The van der Waals surface area contributed by atoms with E-state index >= 15 is 0 Å². The van der Waals surface area contributed by atoms with Crippen LogP contribution in [0.2, 0.25) is 0 Å². The molecular weight excluding hydrogens is 276 g/mol. The fraction of sp³-hybridized carbons (Fsp3) is 0.444. The van der Waals surface area contributed by atoms with Crippen molar-refractivity contribution in [1.29, 1.82) is 0 Å². The summed E-state index contributed by atoms with van der Waals surface area (Å²) in [6, 6.07) is 13.8. The molecule has 1 aromatic heterocycles. The van der Waals surface area contributed by atoms with E-state index in [1.54, 1.807) is 0 Å². The Labute approximate surface area is 131 Å². The lowest BCUT2D eigenvalue weighted by Crippen LogP contribution is -2.33. The van der Waals surface area contributed by atoms with Gasteiger partial charge in [-0.15, -0.1) is 11.3 Å². The molecule has 2 heterocycles. The molecule has 3 heteroatoms. The lowest BCUT2D eigenvalue weighted by atomic mass is 9.87. The third-order valence-electron chi connectivity index (χ3n) is 4.42. The largest absolute Gasteiger partial charge is 0.363 e. The molecule has 2 aromatic rings. The number of thiophene rings is 1. The van der Waals surface area contributed by atoms with Gasteiger partial charge in [0.15, 0.2) is 0 Å². The van der Waals surface area contributed by atoms with Gasteiger partial charge >= 0.3 is 0 Å². The number of para-hydroxylation sites is 1. The first-order valence-electron chi connectivity index (χ1n) is 7.67. The van der Waals surface area contributed by atoms with E-state index in [2.05, 4.69) is 65.8 Å². The molecule has 1 atom stereocenters. The van der Waals surface area contributed by atoms with Gasteiger partial charge in [0.1, 0.15) is 0 Å². The molecule has 0 amide bonds. The minimum atomic E-state index is 0.228. The van der Waals surface area contributed by atoms with Gasteiger partial charge in [0.05, 0.1) is 6.04 Å². The summed E-state index contributed by atoms with van der Waals surface area (Å²) >= 11 is 1.87. The summed E-state index contributed by atoms with van der Waals surface area (Å²) in [6.07, 6.45) is 1.14. The zero-order valence-electron chi connectivity index (χ0n) is 13.1. The van der Waals surface area contributed by atoms with Gasteiger partial charge in [-0.3, -0.25) is 0 Å². The molecule has 0 fully saturated rings. The fourth-order valence-electron chi connectivity index (χ4n) is 3.38. The highest BCUT2D eigenvalue weighted by molar-refractivity contribution is 7.10. The Bertz CT molecular complexity index is 589.